The summed E-state index contributed by atoms with van der Waals surface area (Å²) in [5.74, 6) is 1.66. The fourth-order valence-electron chi connectivity index (χ4n) is 2.32. The van der Waals surface area contributed by atoms with Crippen LogP contribution in [0.15, 0.2) is 29.3 Å². The second-order valence-corrected chi connectivity index (χ2v) is 5.41. The van der Waals surface area contributed by atoms with Crippen LogP contribution in [0.1, 0.15) is 18.4 Å². The molecule has 1 aromatic carbocycles. The van der Waals surface area contributed by atoms with Gasteiger partial charge in [0, 0.05) is 33.4 Å². The van der Waals surface area contributed by atoms with E-state index in [0.29, 0.717) is 0 Å². The van der Waals surface area contributed by atoms with E-state index in [1.54, 1.807) is 14.2 Å². The van der Waals surface area contributed by atoms with Crippen molar-refractivity contribution in [1.82, 2.24) is 10.6 Å². The normalized spacial score (nSPS) is 17.2. The average molecular weight is 449 g/mol. The monoisotopic (exact) mass is 449 g/mol. The number of guanidine groups is 1. The van der Waals surface area contributed by atoms with Crippen LogP contribution in [0.25, 0.3) is 0 Å². The van der Waals surface area contributed by atoms with Crippen molar-refractivity contribution >= 4 is 29.9 Å². The van der Waals surface area contributed by atoms with Crippen molar-refractivity contribution in [2.24, 2.45) is 4.99 Å². The number of halogens is 1. The van der Waals surface area contributed by atoms with Gasteiger partial charge in [0.25, 0.3) is 0 Å². The molecule has 136 valence electrons. The number of rotatable bonds is 8. The van der Waals surface area contributed by atoms with Gasteiger partial charge in [0.05, 0.1) is 19.8 Å². The van der Waals surface area contributed by atoms with Gasteiger partial charge in [0.2, 0.25) is 0 Å². The zero-order valence-electron chi connectivity index (χ0n) is 14.4. The molecule has 0 bridgehead atoms. The first kappa shape index (κ1) is 21.0. The standard InChI is InChI=1S/C17H27N3O3.HI/c1-18-17(19-9-3-10-23-16-8-11-22-13-16)20-12-14-4-6-15(21-2)7-5-14;/h4-7,16H,3,8-13H2,1-2H3,(H2,18,19,20);1H. The number of ether oxygens (including phenoxy) is 3. The largest absolute Gasteiger partial charge is 0.497 e. The summed E-state index contributed by atoms with van der Waals surface area (Å²) < 4.78 is 16.2. The molecular weight excluding hydrogens is 421 g/mol. The van der Waals surface area contributed by atoms with E-state index >= 15 is 0 Å². The predicted octanol–water partition coefficient (Wildman–Crippen LogP) is 2.17. The van der Waals surface area contributed by atoms with Gasteiger partial charge >= 0.3 is 0 Å². The predicted molar refractivity (Wildman–Crippen MR) is 106 cm³/mol. The molecule has 1 aromatic rings. The number of nitrogens with one attached hydrogen (secondary N) is 2. The minimum absolute atomic E-state index is 0. The Kier molecular flexibility index (Phi) is 10.8. The molecule has 0 spiro atoms. The summed E-state index contributed by atoms with van der Waals surface area (Å²) in [5, 5.41) is 6.58. The van der Waals surface area contributed by atoms with Gasteiger partial charge in [0.1, 0.15) is 5.75 Å². The third-order valence-electron chi connectivity index (χ3n) is 3.70. The lowest BCUT2D eigenvalue weighted by Crippen LogP contribution is -2.37. The Morgan fingerprint density at radius 3 is 2.71 bits per heavy atom. The Bertz CT molecular complexity index is 476. The van der Waals surface area contributed by atoms with E-state index in [-0.39, 0.29) is 30.1 Å². The summed E-state index contributed by atoms with van der Waals surface area (Å²) >= 11 is 0. The van der Waals surface area contributed by atoms with Gasteiger partial charge in [0.15, 0.2) is 5.96 Å². The molecular formula is C17H28IN3O3. The molecule has 1 fully saturated rings. The number of benzene rings is 1. The first-order valence-electron chi connectivity index (χ1n) is 8.08. The van der Waals surface area contributed by atoms with Crippen LogP contribution < -0.4 is 15.4 Å². The Labute approximate surface area is 161 Å². The molecule has 2 rings (SSSR count). The maximum atomic E-state index is 5.73. The molecule has 7 heteroatoms. The molecule has 0 radical (unpaired) electrons. The average Bonchev–Trinajstić information content (AvgIpc) is 3.11. The van der Waals surface area contributed by atoms with Crippen LogP contribution >= 0.6 is 24.0 Å². The molecule has 0 aromatic heterocycles. The van der Waals surface area contributed by atoms with Crippen molar-refractivity contribution in [1.29, 1.82) is 0 Å². The molecule has 1 saturated heterocycles. The molecule has 1 aliphatic heterocycles. The van der Waals surface area contributed by atoms with Crippen LogP contribution in [0.3, 0.4) is 0 Å². The first-order valence-corrected chi connectivity index (χ1v) is 8.08. The Morgan fingerprint density at radius 1 is 1.29 bits per heavy atom. The minimum Gasteiger partial charge on any atom is -0.497 e. The number of methoxy groups -OCH3 is 1. The summed E-state index contributed by atoms with van der Waals surface area (Å²) in [6, 6.07) is 7.99. The van der Waals surface area contributed by atoms with Crippen molar-refractivity contribution in [3.05, 3.63) is 29.8 Å². The first-order chi connectivity index (χ1) is 11.3. The third kappa shape index (κ3) is 7.67. The van der Waals surface area contributed by atoms with Crippen molar-refractivity contribution < 1.29 is 14.2 Å². The van der Waals surface area contributed by atoms with E-state index in [0.717, 1.165) is 57.5 Å². The Morgan fingerprint density at radius 2 is 2.08 bits per heavy atom. The van der Waals surface area contributed by atoms with E-state index in [1.165, 1.54) is 5.56 Å². The molecule has 24 heavy (non-hydrogen) atoms. The molecule has 2 N–H and O–H groups in total. The maximum Gasteiger partial charge on any atom is 0.191 e. The van der Waals surface area contributed by atoms with Gasteiger partial charge in [-0.1, -0.05) is 12.1 Å². The van der Waals surface area contributed by atoms with E-state index in [9.17, 15) is 0 Å². The lowest BCUT2D eigenvalue weighted by atomic mass is 10.2. The van der Waals surface area contributed by atoms with Crippen LogP contribution in [0, 0.1) is 0 Å². The summed E-state index contributed by atoms with van der Waals surface area (Å²) in [5.41, 5.74) is 1.18. The highest BCUT2D eigenvalue weighted by molar-refractivity contribution is 14.0. The highest BCUT2D eigenvalue weighted by Gasteiger charge is 2.15. The zero-order valence-corrected chi connectivity index (χ0v) is 16.7. The second kappa shape index (κ2) is 12.3. The van der Waals surface area contributed by atoms with E-state index < -0.39 is 0 Å². The quantitative estimate of drug-likeness (QED) is 0.276. The number of hydrogen-bond acceptors (Lipinski definition) is 4. The van der Waals surface area contributed by atoms with E-state index in [2.05, 4.69) is 15.6 Å². The highest BCUT2D eigenvalue weighted by Crippen LogP contribution is 2.11. The van der Waals surface area contributed by atoms with Crippen LogP contribution in [-0.2, 0) is 16.0 Å². The fraction of sp³-hybridized carbons (Fsp3) is 0.588. The Hall–Kier alpha value is -1.06. The topological polar surface area (TPSA) is 64.1 Å². The summed E-state index contributed by atoms with van der Waals surface area (Å²) in [7, 11) is 3.44. The molecule has 1 unspecified atom stereocenters. The fourth-order valence-corrected chi connectivity index (χ4v) is 2.32. The minimum atomic E-state index is 0. The Balaban J connectivity index is 0.00000288. The molecule has 0 saturated carbocycles. The molecule has 6 nitrogen and oxygen atoms in total. The highest BCUT2D eigenvalue weighted by atomic mass is 127. The van der Waals surface area contributed by atoms with Gasteiger partial charge in [-0.05, 0) is 30.5 Å². The van der Waals surface area contributed by atoms with Crippen LogP contribution in [0.5, 0.6) is 5.75 Å². The zero-order chi connectivity index (χ0) is 16.3. The van der Waals surface area contributed by atoms with Gasteiger partial charge in [-0.15, -0.1) is 24.0 Å². The van der Waals surface area contributed by atoms with Crippen molar-refractivity contribution in [3.8, 4) is 5.75 Å². The number of nitrogens with zero attached hydrogens (tertiary/aromatic N) is 1. The van der Waals surface area contributed by atoms with Crippen molar-refractivity contribution in [3.63, 3.8) is 0 Å². The maximum absolute atomic E-state index is 5.73. The summed E-state index contributed by atoms with van der Waals surface area (Å²) in [6.45, 7) is 3.86. The lowest BCUT2D eigenvalue weighted by molar-refractivity contribution is 0.0420. The van der Waals surface area contributed by atoms with Gasteiger partial charge in [-0.25, -0.2) is 0 Å². The van der Waals surface area contributed by atoms with Gasteiger partial charge in [-0.2, -0.15) is 0 Å². The third-order valence-corrected chi connectivity index (χ3v) is 3.70. The second-order valence-electron chi connectivity index (χ2n) is 5.41. The molecule has 0 amide bonds. The van der Waals surface area contributed by atoms with E-state index in [1.807, 2.05) is 24.3 Å². The number of hydrogen-bond donors (Lipinski definition) is 2. The summed E-state index contributed by atoms with van der Waals surface area (Å²) in [4.78, 5) is 4.22. The smallest absolute Gasteiger partial charge is 0.191 e. The molecule has 1 atom stereocenters. The lowest BCUT2D eigenvalue weighted by Gasteiger charge is -2.13. The SMILES string of the molecule is CN=C(NCCCOC1CCOC1)NCc1ccc(OC)cc1.I. The van der Waals surface area contributed by atoms with Gasteiger partial charge < -0.3 is 24.8 Å². The number of aliphatic imine (C=N–C) groups is 1. The van der Waals surface area contributed by atoms with Crippen molar-refractivity contribution in [2.75, 3.05) is 40.5 Å². The summed E-state index contributed by atoms with van der Waals surface area (Å²) in [6.07, 6.45) is 2.24. The van der Waals surface area contributed by atoms with Crippen molar-refractivity contribution in [2.45, 2.75) is 25.5 Å². The molecule has 0 aliphatic carbocycles. The van der Waals surface area contributed by atoms with Gasteiger partial charge in [-0.3, -0.25) is 4.99 Å². The van der Waals surface area contributed by atoms with Crippen LogP contribution in [0.4, 0.5) is 0 Å². The molecule has 1 aliphatic rings. The van der Waals surface area contributed by atoms with Crippen LogP contribution in [0.2, 0.25) is 0 Å². The van der Waals surface area contributed by atoms with Crippen LogP contribution in [-0.4, -0.2) is 52.6 Å². The van der Waals surface area contributed by atoms with E-state index in [4.69, 9.17) is 14.2 Å². The molecule has 1 heterocycles.